The van der Waals surface area contributed by atoms with Crippen LogP contribution in [0.25, 0.3) is 0 Å². The fourth-order valence-electron chi connectivity index (χ4n) is 1.99. The Kier molecular flexibility index (Phi) is 1.63. The molecule has 59 valence electrons. The van der Waals surface area contributed by atoms with E-state index in [2.05, 4.69) is 32.4 Å². The van der Waals surface area contributed by atoms with Crippen molar-refractivity contribution in [2.75, 3.05) is 0 Å². The molecule has 0 N–H and O–H groups in total. The highest BCUT2D eigenvalue weighted by Gasteiger charge is 2.23. The number of allylic oxidation sites excluding steroid dienone is 4. The molecular formula is C11H15. The van der Waals surface area contributed by atoms with Gasteiger partial charge in [0.15, 0.2) is 0 Å². The van der Waals surface area contributed by atoms with Crippen molar-refractivity contribution in [2.45, 2.75) is 26.7 Å². The second kappa shape index (κ2) is 2.51. The molecule has 0 nitrogen and oxygen atoms in total. The Morgan fingerprint density at radius 2 is 1.73 bits per heavy atom. The van der Waals surface area contributed by atoms with Gasteiger partial charge < -0.3 is 0 Å². The van der Waals surface area contributed by atoms with Gasteiger partial charge in [0.1, 0.15) is 0 Å². The molecule has 0 aromatic carbocycles. The summed E-state index contributed by atoms with van der Waals surface area (Å²) in [6.45, 7) is 4.72. The predicted molar refractivity (Wildman–Crippen MR) is 48.0 cm³/mol. The third-order valence-electron chi connectivity index (χ3n) is 3.06. The molecule has 2 rings (SSSR count). The molecule has 2 aliphatic carbocycles. The minimum atomic E-state index is 0.880. The zero-order chi connectivity index (χ0) is 7.84. The summed E-state index contributed by atoms with van der Waals surface area (Å²) in [5, 5.41) is 0. The topological polar surface area (TPSA) is 0 Å². The van der Waals surface area contributed by atoms with Crippen LogP contribution in [-0.2, 0) is 0 Å². The van der Waals surface area contributed by atoms with Crippen LogP contribution in [0.4, 0.5) is 0 Å². The maximum absolute atomic E-state index is 2.36. The molecule has 0 amide bonds. The van der Waals surface area contributed by atoms with E-state index in [-0.39, 0.29) is 0 Å². The van der Waals surface area contributed by atoms with Gasteiger partial charge in [-0.2, -0.15) is 0 Å². The smallest absolute Gasteiger partial charge is 0.00865 e. The standard InChI is InChI=1S/C11H15/c1-8-6-10-4-3-5-11(10)7-9(8)2/h3-5,8-9H,6-7H2,1-2H3. The van der Waals surface area contributed by atoms with Crippen LogP contribution in [0.1, 0.15) is 26.7 Å². The summed E-state index contributed by atoms with van der Waals surface area (Å²) in [4.78, 5) is 0. The van der Waals surface area contributed by atoms with Crippen LogP contribution >= 0.6 is 0 Å². The molecule has 11 heavy (non-hydrogen) atoms. The third-order valence-corrected chi connectivity index (χ3v) is 3.06. The van der Waals surface area contributed by atoms with Crippen LogP contribution in [0.3, 0.4) is 0 Å². The van der Waals surface area contributed by atoms with Crippen molar-refractivity contribution in [3.63, 3.8) is 0 Å². The molecule has 0 heterocycles. The maximum atomic E-state index is 2.36. The van der Waals surface area contributed by atoms with E-state index in [1.807, 2.05) is 0 Å². The summed E-state index contributed by atoms with van der Waals surface area (Å²) >= 11 is 0. The Morgan fingerprint density at radius 1 is 1.09 bits per heavy atom. The van der Waals surface area contributed by atoms with E-state index in [1.165, 1.54) is 12.8 Å². The monoisotopic (exact) mass is 147 g/mol. The first-order chi connectivity index (χ1) is 5.27. The first-order valence-corrected chi connectivity index (χ1v) is 4.51. The highest BCUT2D eigenvalue weighted by atomic mass is 14.3. The van der Waals surface area contributed by atoms with E-state index < -0.39 is 0 Å². The molecule has 2 atom stereocenters. The Balaban J connectivity index is 2.20. The van der Waals surface area contributed by atoms with Gasteiger partial charge in [0.25, 0.3) is 0 Å². The Bertz CT molecular complexity index is 220. The van der Waals surface area contributed by atoms with Crippen molar-refractivity contribution in [2.24, 2.45) is 11.8 Å². The van der Waals surface area contributed by atoms with E-state index in [1.54, 1.807) is 11.1 Å². The zero-order valence-corrected chi connectivity index (χ0v) is 7.30. The van der Waals surface area contributed by atoms with Crippen molar-refractivity contribution < 1.29 is 0 Å². The SMILES string of the molecule is CC1CC2=C(C=C[CH]2)CC1C. The number of hydrogen-bond acceptors (Lipinski definition) is 0. The molecule has 1 radical (unpaired) electrons. The molecular weight excluding hydrogens is 132 g/mol. The van der Waals surface area contributed by atoms with Gasteiger partial charge in [0.05, 0.1) is 0 Å². The molecule has 0 aromatic rings. The molecule has 0 saturated heterocycles. The Labute approximate surface area is 69.0 Å². The Hall–Kier alpha value is -0.520. The average Bonchev–Trinajstić information content (AvgIpc) is 2.36. The molecule has 0 aliphatic heterocycles. The summed E-state index contributed by atoms with van der Waals surface area (Å²) in [5.74, 6) is 1.76. The normalized spacial score (nSPS) is 36.2. The second-order valence-electron chi connectivity index (χ2n) is 3.94. The summed E-state index contributed by atoms with van der Waals surface area (Å²) in [6.07, 6.45) is 9.33. The van der Waals surface area contributed by atoms with Crippen molar-refractivity contribution >= 4 is 0 Å². The van der Waals surface area contributed by atoms with E-state index in [4.69, 9.17) is 0 Å². The van der Waals surface area contributed by atoms with Gasteiger partial charge >= 0.3 is 0 Å². The van der Waals surface area contributed by atoms with Crippen molar-refractivity contribution in [3.8, 4) is 0 Å². The molecule has 0 aromatic heterocycles. The fourth-order valence-corrected chi connectivity index (χ4v) is 1.99. The summed E-state index contributed by atoms with van der Waals surface area (Å²) < 4.78 is 0. The van der Waals surface area contributed by atoms with Crippen molar-refractivity contribution in [3.05, 3.63) is 29.7 Å². The van der Waals surface area contributed by atoms with E-state index in [9.17, 15) is 0 Å². The molecule has 2 unspecified atom stereocenters. The largest absolute Gasteiger partial charge is 0.0761 e. The number of rotatable bonds is 0. The maximum Gasteiger partial charge on any atom is 0.00865 e. The van der Waals surface area contributed by atoms with Gasteiger partial charge in [-0.25, -0.2) is 0 Å². The molecule has 0 spiro atoms. The lowest BCUT2D eigenvalue weighted by molar-refractivity contribution is 0.366. The van der Waals surface area contributed by atoms with Gasteiger partial charge in [-0.05, 0) is 30.3 Å². The van der Waals surface area contributed by atoms with Crippen LogP contribution in [-0.4, -0.2) is 0 Å². The minimum absolute atomic E-state index is 0.880. The fraction of sp³-hybridized carbons (Fsp3) is 0.545. The molecule has 0 bridgehead atoms. The van der Waals surface area contributed by atoms with E-state index in [0.29, 0.717) is 0 Å². The van der Waals surface area contributed by atoms with Crippen molar-refractivity contribution in [1.29, 1.82) is 0 Å². The highest BCUT2D eigenvalue weighted by molar-refractivity contribution is 5.43. The first-order valence-electron chi connectivity index (χ1n) is 4.51. The minimum Gasteiger partial charge on any atom is -0.0761 e. The second-order valence-corrected chi connectivity index (χ2v) is 3.94. The van der Waals surface area contributed by atoms with Crippen LogP contribution in [0.2, 0.25) is 0 Å². The quantitative estimate of drug-likeness (QED) is 0.494. The molecule has 2 aliphatic rings. The third kappa shape index (κ3) is 1.15. The van der Waals surface area contributed by atoms with Crippen LogP contribution in [0.5, 0.6) is 0 Å². The average molecular weight is 147 g/mol. The van der Waals surface area contributed by atoms with Gasteiger partial charge in [-0.15, -0.1) is 0 Å². The molecule has 0 saturated carbocycles. The lowest BCUT2D eigenvalue weighted by atomic mass is 9.79. The predicted octanol–water partition coefficient (Wildman–Crippen LogP) is 3.12. The summed E-state index contributed by atoms with van der Waals surface area (Å²) in [6, 6.07) is 0. The van der Waals surface area contributed by atoms with Gasteiger partial charge in [0, 0.05) is 6.42 Å². The van der Waals surface area contributed by atoms with Crippen LogP contribution in [0.15, 0.2) is 23.3 Å². The lowest BCUT2D eigenvalue weighted by Crippen LogP contribution is -2.14. The van der Waals surface area contributed by atoms with Crippen LogP contribution in [0, 0.1) is 18.3 Å². The van der Waals surface area contributed by atoms with Gasteiger partial charge in [-0.3, -0.25) is 0 Å². The molecule has 0 fully saturated rings. The summed E-state index contributed by atoms with van der Waals surface area (Å²) in [5.41, 5.74) is 3.19. The lowest BCUT2D eigenvalue weighted by Gasteiger charge is -2.26. The van der Waals surface area contributed by atoms with Crippen LogP contribution < -0.4 is 0 Å². The van der Waals surface area contributed by atoms with Gasteiger partial charge in [0.2, 0.25) is 0 Å². The molecule has 0 heteroatoms. The highest BCUT2D eigenvalue weighted by Crippen LogP contribution is 2.38. The van der Waals surface area contributed by atoms with E-state index >= 15 is 0 Å². The number of hydrogen-bond donors (Lipinski definition) is 0. The van der Waals surface area contributed by atoms with Gasteiger partial charge in [-0.1, -0.05) is 31.6 Å². The van der Waals surface area contributed by atoms with E-state index in [0.717, 1.165) is 11.8 Å². The Morgan fingerprint density at radius 3 is 2.45 bits per heavy atom. The zero-order valence-electron chi connectivity index (χ0n) is 7.30. The van der Waals surface area contributed by atoms with Crippen molar-refractivity contribution in [1.82, 2.24) is 0 Å². The summed E-state index contributed by atoms with van der Waals surface area (Å²) in [7, 11) is 0. The first kappa shape index (κ1) is 7.15.